The van der Waals surface area contributed by atoms with Gasteiger partial charge in [-0.1, -0.05) is 60.7 Å². The summed E-state index contributed by atoms with van der Waals surface area (Å²) in [7, 11) is 3.32. The second kappa shape index (κ2) is 8.87. The monoisotopic (exact) mass is 522 g/mol. The maximum atomic E-state index is 10.8. The fraction of sp³-hybridized carbons (Fsp3) is 0.273. The van der Waals surface area contributed by atoms with Gasteiger partial charge in [-0.25, -0.2) is 0 Å². The Balaban J connectivity index is 1.49. The molecule has 3 heterocycles. The van der Waals surface area contributed by atoms with Crippen molar-refractivity contribution in [2.24, 2.45) is 0 Å². The van der Waals surface area contributed by atoms with Gasteiger partial charge in [-0.05, 0) is 25.3 Å². The molecule has 4 aromatic carbocycles. The molecule has 0 unspecified atom stereocenters. The lowest BCUT2D eigenvalue weighted by atomic mass is 9.76. The highest BCUT2D eigenvalue weighted by Crippen LogP contribution is 2.62. The summed E-state index contributed by atoms with van der Waals surface area (Å²) in [5.41, 5.74) is 5.60. The standard InChI is InChI=1S/C33H30O6/c1-19-24(34)16-27-29(31(19)36-3)23-18-33(38-27,21-12-8-5-9-13-21)39-28-17-26(35-2)22-14-15-25(37-32(22)30(23)28)20-10-6-4-7-11-20/h4-13,16-17,23,25,34H,14-15,18H2,1-3H3/t23-,25-,33+/m0/s1. The van der Waals surface area contributed by atoms with Crippen molar-refractivity contribution in [3.05, 3.63) is 106 Å². The summed E-state index contributed by atoms with van der Waals surface area (Å²) in [5.74, 6) is 2.23. The Hall–Kier alpha value is -4.32. The highest BCUT2D eigenvalue weighted by atomic mass is 16.7. The molecule has 0 aromatic heterocycles. The number of phenols is 1. The SMILES string of the molecule is COc1cc2c(c3c1CC[C@@H](c1ccccc1)O3)[C@H]1C[C@@](c3ccccc3)(Oc3cc(O)c(C)c(OC)c31)O2. The lowest BCUT2D eigenvalue weighted by Gasteiger charge is -2.48. The molecule has 1 N–H and O–H groups in total. The maximum absolute atomic E-state index is 10.8. The molecule has 4 aromatic rings. The quantitative estimate of drug-likeness (QED) is 0.313. The summed E-state index contributed by atoms with van der Waals surface area (Å²) in [6.07, 6.45) is 2.10. The van der Waals surface area contributed by atoms with Crippen molar-refractivity contribution in [2.45, 2.75) is 44.0 Å². The van der Waals surface area contributed by atoms with Crippen molar-refractivity contribution < 1.29 is 28.8 Å². The number of fused-ring (bicyclic) bond motifs is 8. The van der Waals surface area contributed by atoms with Crippen LogP contribution in [0.15, 0.2) is 72.8 Å². The van der Waals surface area contributed by atoms with Crippen LogP contribution in [0.2, 0.25) is 0 Å². The molecule has 0 saturated heterocycles. The lowest BCUT2D eigenvalue weighted by Crippen LogP contribution is -2.47. The predicted octanol–water partition coefficient (Wildman–Crippen LogP) is 6.94. The molecule has 0 aliphatic carbocycles. The zero-order valence-corrected chi connectivity index (χ0v) is 22.2. The number of rotatable bonds is 4. The van der Waals surface area contributed by atoms with Crippen LogP contribution < -0.4 is 23.7 Å². The molecule has 0 amide bonds. The molecule has 0 spiro atoms. The highest BCUT2D eigenvalue weighted by molar-refractivity contribution is 5.68. The first-order valence-corrected chi connectivity index (χ1v) is 13.3. The maximum Gasteiger partial charge on any atom is 0.278 e. The smallest absolute Gasteiger partial charge is 0.278 e. The number of ether oxygens (including phenoxy) is 5. The van der Waals surface area contributed by atoms with E-state index in [0.717, 1.165) is 52.2 Å². The molecular weight excluding hydrogens is 492 g/mol. The third kappa shape index (κ3) is 3.54. The molecule has 6 nitrogen and oxygen atoms in total. The fourth-order valence-corrected chi connectivity index (χ4v) is 6.44. The van der Waals surface area contributed by atoms with E-state index in [1.54, 1.807) is 20.3 Å². The normalized spacial score (nSPS) is 22.2. The minimum absolute atomic E-state index is 0.0847. The minimum Gasteiger partial charge on any atom is -0.507 e. The average Bonchev–Trinajstić information content (AvgIpc) is 2.98. The van der Waals surface area contributed by atoms with Gasteiger partial charge in [-0.15, -0.1) is 0 Å². The Morgan fingerprint density at radius 1 is 0.872 bits per heavy atom. The highest BCUT2D eigenvalue weighted by Gasteiger charge is 2.53. The summed E-state index contributed by atoms with van der Waals surface area (Å²) in [4.78, 5) is 0. The van der Waals surface area contributed by atoms with Gasteiger partial charge < -0.3 is 28.8 Å². The van der Waals surface area contributed by atoms with Gasteiger partial charge in [0.15, 0.2) is 0 Å². The Morgan fingerprint density at radius 2 is 1.56 bits per heavy atom. The molecule has 3 atom stereocenters. The first-order chi connectivity index (χ1) is 19.0. The van der Waals surface area contributed by atoms with Crippen LogP contribution in [0.5, 0.6) is 34.5 Å². The molecule has 39 heavy (non-hydrogen) atoms. The van der Waals surface area contributed by atoms with Crippen molar-refractivity contribution in [3.63, 3.8) is 0 Å². The van der Waals surface area contributed by atoms with Gasteiger partial charge in [0.2, 0.25) is 0 Å². The predicted molar refractivity (Wildman–Crippen MR) is 146 cm³/mol. The molecule has 3 aliphatic rings. The van der Waals surface area contributed by atoms with Crippen molar-refractivity contribution in [2.75, 3.05) is 14.2 Å². The first kappa shape index (κ1) is 23.8. The number of benzene rings is 4. The Bertz CT molecular complexity index is 1570. The number of hydrogen-bond acceptors (Lipinski definition) is 6. The molecule has 2 bridgehead atoms. The van der Waals surface area contributed by atoms with Crippen molar-refractivity contribution in [1.82, 2.24) is 0 Å². The fourth-order valence-electron chi connectivity index (χ4n) is 6.44. The van der Waals surface area contributed by atoms with Gasteiger partial charge in [0, 0.05) is 52.3 Å². The van der Waals surface area contributed by atoms with Gasteiger partial charge in [-0.2, -0.15) is 0 Å². The summed E-state index contributed by atoms with van der Waals surface area (Å²) in [6.45, 7) is 1.86. The van der Waals surface area contributed by atoms with Gasteiger partial charge in [0.1, 0.15) is 40.6 Å². The summed E-state index contributed by atoms with van der Waals surface area (Å²) in [5, 5.41) is 10.8. The van der Waals surface area contributed by atoms with Gasteiger partial charge >= 0.3 is 0 Å². The van der Waals surface area contributed by atoms with E-state index in [2.05, 4.69) is 12.1 Å². The van der Waals surface area contributed by atoms with E-state index in [1.807, 2.05) is 61.5 Å². The van der Waals surface area contributed by atoms with E-state index in [9.17, 15) is 5.11 Å². The second-order valence-corrected chi connectivity index (χ2v) is 10.4. The van der Waals surface area contributed by atoms with Crippen LogP contribution in [-0.4, -0.2) is 19.3 Å². The number of hydrogen-bond donors (Lipinski definition) is 1. The summed E-state index contributed by atoms with van der Waals surface area (Å²) in [6, 6.07) is 23.9. The zero-order chi connectivity index (χ0) is 26.7. The molecule has 0 radical (unpaired) electrons. The van der Waals surface area contributed by atoms with E-state index in [-0.39, 0.29) is 17.8 Å². The van der Waals surface area contributed by atoms with Gasteiger partial charge in [0.05, 0.1) is 14.2 Å². The Morgan fingerprint density at radius 3 is 2.26 bits per heavy atom. The summed E-state index contributed by atoms with van der Waals surface area (Å²) >= 11 is 0. The minimum atomic E-state index is -1.09. The van der Waals surface area contributed by atoms with E-state index >= 15 is 0 Å². The molecule has 3 aliphatic heterocycles. The molecule has 6 heteroatoms. The lowest BCUT2D eigenvalue weighted by molar-refractivity contribution is -0.149. The number of aromatic hydroxyl groups is 1. The molecule has 198 valence electrons. The van der Waals surface area contributed by atoms with E-state index < -0.39 is 5.79 Å². The van der Waals surface area contributed by atoms with Gasteiger partial charge in [0.25, 0.3) is 5.79 Å². The van der Waals surface area contributed by atoms with Gasteiger partial charge in [-0.3, -0.25) is 0 Å². The molecular formula is C33H30O6. The first-order valence-electron chi connectivity index (χ1n) is 13.3. The zero-order valence-electron chi connectivity index (χ0n) is 22.2. The van der Waals surface area contributed by atoms with Crippen LogP contribution >= 0.6 is 0 Å². The summed E-state index contributed by atoms with van der Waals surface area (Å²) < 4.78 is 32.1. The van der Waals surface area contributed by atoms with Crippen LogP contribution in [-0.2, 0) is 12.2 Å². The van der Waals surface area contributed by atoms with Crippen LogP contribution in [0.25, 0.3) is 0 Å². The van der Waals surface area contributed by atoms with E-state index in [4.69, 9.17) is 23.7 Å². The van der Waals surface area contributed by atoms with E-state index in [0.29, 0.717) is 29.2 Å². The van der Waals surface area contributed by atoms with E-state index in [1.165, 1.54) is 0 Å². The van der Waals surface area contributed by atoms with Crippen LogP contribution in [0, 0.1) is 6.92 Å². The van der Waals surface area contributed by atoms with Crippen molar-refractivity contribution in [3.8, 4) is 34.5 Å². The molecule has 0 saturated carbocycles. The van der Waals surface area contributed by atoms with Crippen LogP contribution in [0.4, 0.5) is 0 Å². The Labute approximate surface area is 227 Å². The van der Waals surface area contributed by atoms with Crippen LogP contribution in [0.3, 0.4) is 0 Å². The topological polar surface area (TPSA) is 66.4 Å². The second-order valence-electron chi connectivity index (χ2n) is 10.4. The third-order valence-electron chi connectivity index (χ3n) is 8.29. The average molecular weight is 523 g/mol. The Kier molecular flexibility index (Phi) is 5.41. The number of phenolic OH excluding ortho intramolecular Hbond substituents is 1. The van der Waals surface area contributed by atoms with Crippen molar-refractivity contribution >= 4 is 0 Å². The van der Waals surface area contributed by atoms with Crippen molar-refractivity contribution in [1.29, 1.82) is 0 Å². The van der Waals surface area contributed by atoms with Crippen LogP contribution in [0.1, 0.15) is 58.2 Å². The number of methoxy groups -OCH3 is 2. The molecule has 7 rings (SSSR count). The molecule has 0 fully saturated rings. The largest absolute Gasteiger partial charge is 0.507 e. The third-order valence-corrected chi connectivity index (χ3v) is 8.29.